The van der Waals surface area contributed by atoms with Gasteiger partial charge in [0.05, 0.1) is 0 Å². The Labute approximate surface area is 147 Å². The zero-order valence-electron chi connectivity index (χ0n) is 13.5. The molecule has 0 fully saturated rings. The predicted molar refractivity (Wildman–Crippen MR) is 95.1 cm³/mol. The van der Waals surface area contributed by atoms with Crippen LogP contribution in [0.3, 0.4) is 0 Å². The van der Waals surface area contributed by atoms with Crippen molar-refractivity contribution in [3.8, 4) is 0 Å². The van der Waals surface area contributed by atoms with Crippen LogP contribution >= 0.6 is 15.9 Å². The average molecular weight is 395 g/mol. The maximum atomic E-state index is 12.0. The van der Waals surface area contributed by atoms with Crippen molar-refractivity contribution in [3.63, 3.8) is 0 Å². The molecule has 0 bridgehead atoms. The standard InChI is InChI=1S/C16H19BrN4O3/c1-20-10-12(15(23)21(2)16(20)24)9-18-7-8-19-14(22)11-3-5-13(17)6-4-11/h3-6,10,18H,7-9H2,1-2H3,(H,19,22). The molecule has 2 N–H and O–H groups in total. The molecular weight excluding hydrogens is 376 g/mol. The number of rotatable bonds is 6. The van der Waals surface area contributed by atoms with E-state index >= 15 is 0 Å². The van der Waals surface area contributed by atoms with Crippen molar-refractivity contribution < 1.29 is 4.79 Å². The largest absolute Gasteiger partial charge is 0.351 e. The van der Waals surface area contributed by atoms with Gasteiger partial charge in [-0.2, -0.15) is 0 Å². The first kappa shape index (κ1) is 18.2. The van der Waals surface area contributed by atoms with Crippen molar-refractivity contribution in [2.75, 3.05) is 13.1 Å². The third kappa shape index (κ3) is 4.42. The summed E-state index contributed by atoms with van der Waals surface area (Å²) >= 11 is 3.32. The molecule has 0 atom stereocenters. The summed E-state index contributed by atoms with van der Waals surface area (Å²) in [6.45, 7) is 1.27. The zero-order chi connectivity index (χ0) is 17.7. The van der Waals surface area contributed by atoms with Gasteiger partial charge in [-0.15, -0.1) is 0 Å². The lowest BCUT2D eigenvalue weighted by Gasteiger charge is -2.09. The second-order valence-corrected chi connectivity index (χ2v) is 6.27. The van der Waals surface area contributed by atoms with E-state index in [4.69, 9.17) is 0 Å². The Balaban J connectivity index is 1.82. The molecule has 0 unspecified atom stereocenters. The van der Waals surface area contributed by atoms with E-state index in [1.165, 1.54) is 17.8 Å². The molecule has 0 aliphatic heterocycles. The zero-order valence-corrected chi connectivity index (χ0v) is 15.1. The van der Waals surface area contributed by atoms with Crippen LogP contribution in [0.5, 0.6) is 0 Å². The summed E-state index contributed by atoms with van der Waals surface area (Å²) in [5.41, 5.74) is 0.416. The molecule has 128 valence electrons. The molecule has 0 saturated heterocycles. The number of aromatic nitrogens is 2. The van der Waals surface area contributed by atoms with Crippen LogP contribution in [-0.2, 0) is 20.6 Å². The molecule has 7 nitrogen and oxygen atoms in total. The second-order valence-electron chi connectivity index (χ2n) is 5.35. The predicted octanol–water partition coefficient (Wildman–Crippen LogP) is 0.366. The van der Waals surface area contributed by atoms with Gasteiger partial charge in [-0.3, -0.25) is 14.2 Å². The highest BCUT2D eigenvalue weighted by molar-refractivity contribution is 9.10. The molecular formula is C16H19BrN4O3. The van der Waals surface area contributed by atoms with E-state index in [-0.39, 0.29) is 17.2 Å². The van der Waals surface area contributed by atoms with Crippen LogP contribution in [0, 0.1) is 0 Å². The van der Waals surface area contributed by atoms with Crippen LogP contribution in [0.4, 0.5) is 0 Å². The maximum Gasteiger partial charge on any atom is 0.330 e. The highest BCUT2D eigenvalue weighted by Gasteiger charge is 2.07. The Morgan fingerprint density at radius 1 is 1.12 bits per heavy atom. The highest BCUT2D eigenvalue weighted by atomic mass is 79.9. The molecule has 0 radical (unpaired) electrons. The van der Waals surface area contributed by atoms with Gasteiger partial charge in [0.15, 0.2) is 0 Å². The molecule has 1 aromatic carbocycles. The molecule has 24 heavy (non-hydrogen) atoms. The average Bonchev–Trinajstić information content (AvgIpc) is 2.57. The Morgan fingerprint density at radius 3 is 2.46 bits per heavy atom. The van der Waals surface area contributed by atoms with Gasteiger partial charge in [0.2, 0.25) is 0 Å². The number of amides is 1. The lowest BCUT2D eigenvalue weighted by molar-refractivity contribution is 0.0954. The number of nitrogens with zero attached hydrogens (tertiary/aromatic N) is 2. The van der Waals surface area contributed by atoms with Crippen LogP contribution in [0.15, 0.2) is 44.5 Å². The Kier molecular flexibility index (Phi) is 6.10. The monoisotopic (exact) mass is 394 g/mol. The summed E-state index contributed by atoms with van der Waals surface area (Å²) in [5.74, 6) is -0.151. The maximum absolute atomic E-state index is 12.0. The fourth-order valence-corrected chi connectivity index (χ4v) is 2.46. The lowest BCUT2D eigenvalue weighted by atomic mass is 10.2. The number of aryl methyl sites for hydroxylation is 1. The molecule has 1 amide bonds. The van der Waals surface area contributed by atoms with Crippen molar-refractivity contribution in [1.82, 2.24) is 19.8 Å². The van der Waals surface area contributed by atoms with E-state index in [9.17, 15) is 14.4 Å². The number of halogens is 1. The van der Waals surface area contributed by atoms with Crippen LogP contribution in [0.25, 0.3) is 0 Å². The fraction of sp³-hybridized carbons (Fsp3) is 0.312. The van der Waals surface area contributed by atoms with Crippen molar-refractivity contribution in [1.29, 1.82) is 0 Å². The normalized spacial score (nSPS) is 10.6. The van der Waals surface area contributed by atoms with Crippen molar-refractivity contribution in [2.24, 2.45) is 14.1 Å². The van der Waals surface area contributed by atoms with Gasteiger partial charge in [0.1, 0.15) is 0 Å². The summed E-state index contributed by atoms with van der Waals surface area (Å²) in [4.78, 5) is 35.5. The van der Waals surface area contributed by atoms with Crippen LogP contribution in [0.2, 0.25) is 0 Å². The Bertz CT molecular complexity index is 840. The molecule has 0 aliphatic carbocycles. The quantitative estimate of drug-likeness (QED) is 0.693. The molecule has 8 heteroatoms. The second kappa shape index (κ2) is 8.07. The van der Waals surface area contributed by atoms with E-state index in [0.29, 0.717) is 30.8 Å². The summed E-state index contributed by atoms with van der Waals surface area (Å²) in [7, 11) is 3.05. The minimum absolute atomic E-state index is 0.151. The van der Waals surface area contributed by atoms with Gasteiger partial charge in [0.25, 0.3) is 11.5 Å². The highest BCUT2D eigenvalue weighted by Crippen LogP contribution is 2.10. The number of carbonyl (C=O) groups is 1. The minimum Gasteiger partial charge on any atom is -0.351 e. The van der Waals surface area contributed by atoms with Crippen LogP contribution in [-0.4, -0.2) is 28.1 Å². The smallest absolute Gasteiger partial charge is 0.330 e. The van der Waals surface area contributed by atoms with E-state index in [2.05, 4.69) is 26.6 Å². The molecule has 2 aromatic rings. The number of hydrogen-bond acceptors (Lipinski definition) is 4. The van der Waals surface area contributed by atoms with E-state index in [1.807, 2.05) is 12.1 Å². The first-order chi connectivity index (χ1) is 11.4. The molecule has 0 spiro atoms. The number of nitrogens with one attached hydrogen (secondary N) is 2. The fourth-order valence-electron chi connectivity index (χ4n) is 2.20. The first-order valence-corrected chi connectivity index (χ1v) is 8.19. The SMILES string of the molecule is Cn1cc(CNCCNC(=O)c2ccc(Br)cc2)c(=O)n(C)c1=O. The van der Waals surface area contributed by atoms with Gasteiger partial charge >= 0.3 is 5.69 Å². The third-order valence-corrected chi connectivity index (χ3v) is 4.06. The van der Waals surface area contributed by atoms with Gasteiger partial charge in [-0.05, 0) is 24.3 Å². The molecule has 2 rings (SSSR count). The summed E-state index contributed by atoms with van der Waals surface area (Å²) < 4.78 is 3.36. The lowest BCUT2D eigenvalue weighted by Crippen LogP contribution is -2.40. The summed E-state index contributed by atoms with van der Waals surface area (Å²) in [6.07, 6.45) is 1.53. The van der Waals surface area contributed by atoms with E-state index < -0.39 is 0 Å². The Hall–Kier alpha value is -2.19. The molecule has 0 aliphatic rings. The molecule has 1 aromatic heterocycles. The summed E-state index contributed by atoms with van der Waals surface area (Å²) in [6, 6.07) is 7.09. The van der Waals surface area contributed by atoms with Crippen molar-refractivity contribution in [3.05, 3.63) is 66.9 Å². The molecule has 1 heterocycles. The summed E-state index contributed by atoms with van der Waals surface area (Å²) in [5, 5.41) is 5.88. The number of benzene rings is 1. The Morgan fingerprint density at radius 2 is 1.79 bits per heavy atom. The third-order valence-electron chi connectivity index (χ3n) is 3.53. The molecule has 0 saturated carbocycles. The van der Waals surface area contributed by atoms with Gasteiger partial charge in [-0.25, -0.2) is 4.79 Å². The van der Waals surface area contributed by atoms with Crippen LogP contribution < -0.4 is 21.9 Å². The van der Waals surface area contributed by atoms with Crippen molar-refractivity contribution >= 4 is 21.8 Å². The number of carbonyl (C=O) groups excluding carboxylic acids is 1. The topological polar surface area (TPSA) is 85.1 Å². The van der Waals surface area contributed by atoms with E-state index in [0.717, 1.165) is 9.04 Å². The van der Waals surface area contributed by atoms with Crippen LogP contribution in [0.1, 0.15) is 15.9 Å². The first-order valence-electron chi connectivity index (χ1n) is 7.40. The van der Waals surface area contributed by atoms with Crippen molar-refractivity contribution in [2.45, 2.75) is 6.54 Å². The van der Waals surface area contributed by atoms with Gasteiger partial charge in [0, 0.05) is 55.5 Å². The van der Waals surface area contributed by atoms with E-state index in [1.54, 1.807) is 19.2 Å². The number of hydrogen-bond donors (Lipinski definition) is 2. The van der Waals surface area contributed by atoms with Gasteiger partial charge < -0.3 is 15.2 Å². The minimum atomic E-state index is -0.356. The van der Waals surface area contributed by atoms with Gasteiger partial charge in [-0.1, -0.05) is 15.9 Å².